The van der Waals surface area contributed by atoms with Gasteiger partial charge in [-0.1, -0.05) is 34.6 Å². The van der Waals surface area contributed by atoms with Crippen LogP contribution in [0, 0.1) is 0 Å². The number of nitrogens with one attached hydrogen (secondary N) is 1. The Labute approximate surface area is 76.2 Å². The van der Waals surface area contributed by atoms with E-state index in [4.69, 9.17) is 0 Å². The van der Waals surface area contributed by atoms with Crippen LogP contribution in [-0.2, 0) is 6.42 Å². The summed E-state index contributed by atoms with van der Waals surface area (Å²) in [5.41, 5.74) is 2.75. The van der Waals surface area contributed by atoms with Crippen LogP contribution in [0.25, 0.3) is 0 Å². The third kappa shape index (κ3) is 3.12. The molecule has 1 heteroatoms. The van der Waals surface area contributed by atoms with E-state index in [0.29, 0.717) is 5.92 Å². The fourth-order valence-electron chi connectivity index (χ4n) is 0.997. The minimum Gasteiger partial charge on any atom is -0.365 e. The van der Waals surface area contributed by atoms with Crippen LogP contribution in [0.5, 0.6) is 0 Å². The number of H-pyrrole nitrogens is 1. The lowest BCUT2D eigenvalue weighted by Gasteiger charge is -1.97. The van der Waals surface area contributed by atoms with E-state index >= 15 is 0 Å². The van der Waals surface area contributed by atoms with Crippen molar-refractivity contribution in [3.63, 3.8) is 0 Å². The highest BCUT2D eigenvalue weighted by Crippen LogP contribution is 2.13. The molecule has 0 bridgehead atoms. The molecule has 0 aliphatic rings. The van der Waals surface area contributed by atoms with Gasteiger partial charge < -0.3 is 4.98 Å². The Morgan fingerprint density at radius 2 is 1.92 bits per heavy atom. The number of rotatable bonds is 2. The third-order valence-electron chi connectivity index (χ3n) is 1.80. The van der Waals surface area contributed by atoms with Gasteiger partial charge in [0.1, 0.15) is 0 Å². The van der Waals surface area contributed by atoms with E-state index in [1.807, 2.05) is 13.8 Å². The maximum absolute atomic E-state index is 3.26. The van der Waals surface area contributed by atoms with Gasteiger partial charge in [0.05, 0.1) is 0 Å². The Morgan fingerprint density at radius 1 is 1.33 bits per heavy atom. The van der Waals surface area contributed by atoms with Crippen molar-refractivity contribution in [3.8, 4) is 0 Å². The highest BCUT2D eigenvalue weighted by atomic mass is 14.7. The normalized spacial score (nSPS) is 9.50. The van der Waals surface area contributed by atoms with Crippen LogP contribution in [0.3, 0.4) is 0 Å². The standard InChI is InChI=1S/C9H15N.C2H6/c1-4-8-5-9(7(2)3)10-6-8;1-2/h5-7,10H,4H2,1-3H3;1-2H3. The average Bonchev–Trinajstić information content (AvgIpc) is 2.55. The molecule has 70 valence electrons. The van der Waals surface area contributed by atoms with Crippen LogP contribution in [0.1, 0.15) is 51.8 Å². The van der Waals surface area contributed by atoms with Crippen molar-refractivity contribution in [1.29, 1.82) is 0 Å². The second-order valence-electron chi connectivity index (χ2n) is 2.97. The van der Waals surface area contributed by atoms with E-state index in [1.165, 1.54) is 11.3 Å². The van der Waals surface area contributed by atoms with Crippen molar-refractivity contribution in [3.05, 3.63) is 23.5 Å². The molecule has 0 atom stereocenters. The first kappa shape index (κ1) is 11.3. The van der Waals surface area contributed by atoms with Crippen molar-refractivity contribution < 1.29 is 0 Å². The molecule has 0 aliphatic carbocycles. The second kappa shape index (κ2) is 5.87. The summed E-state index contributed by atoms with van der Waals surface area (Å²) in [6.07, 6.45) is 3.22. The van der Waals surface area contributed by atoms with Crippen molar-refractivity contribution in [2.45, 2.75) is 47.0 Å². The van der Waals surface area contributed by atoms with Crippen LogP contribution in [0.2, 0.25) is 0 Å². The highest BCUT2D eigenvalue weighted by Gasteiger charge is 2.00. The van der Waals surface area contributed by atoms with E-state index in [0.717, 1.165) is 6.42 Å². The van der Waals surface area contributed by atoms with Gasteiger partial charge in [-0.15, -0.1) is 0 Å². The smallest absolute Gasteiger partial charge is 0.0175 e. The average molecular weight is 167 g/mol. The quantitative estimate of drug-likeness (QED) is 0.691. The van der Waals surface area contributed by atoms with Gasteiger partial charge in [-0.05, 0) is 24.0 Å². The fourth-order valence-corrected chi connectivity index (χ4v) is 0.997. The molecule has 1 heterocycles. The van der Waals surface area contributed by atoms with E-state index in [9.17, 15) is 0 Å². The van der Waals surface area contributed by atoms with Gasteiger partial charge in [0.2, 0.25) is 0 Å². The molecule has 0 spiro atoms. The molecule has 1 N–H and O–H groups in total. The molecule has 0 saturated heterocycles. The topological polar surface area (TPSA) is 15.8 Å². The fraction of sp³-hybridized carbons (Fsp3) is 0.636. The zero-order chi connectivity index (χ0) is 9.56. The minimum absolute atomic E-state index is 0.625. The van der Waals surface area contributed by atoms with E-state index in [-0.39, 0.29) is 0 Å². The van der Waals surface area contributed by atoms with Gasteiger partial charge in [0, 0.05) is 11.9 Å². The number of aromatic amines is 1. The van der Waals surface area contributed by atoms with Crippen molar-refractivity contribution >= 4 is 0 Å². The van der Waals surface area contributed by atoms with Crippen LogP contribution in [0.15, 0.2) is 12.3 Å². The Balaban J connectivity index is 0.000000561. The summed E-state index contributed by atoms with van der Waals surface area (Å²) in [6.45, 7) is 10.6. The molecule has 0 aliphatic heterocycles. The third-order valence-corrected chi connectivity index (χ3v) is 1.80. The maximum atomic E-state index is 3.26. The summed E-state index contributed by atoms with van der Waals surface area (Å²) in [5, 5.41) is 0. The van der Waals surface area contributed by atoms with Crippen molar-refractivity contribution in [1.82, 2.24) is 4.98 Å². The number of aromatic nitrogens is 1. The molecule has 0 fully saturated rings. The monoisotopic (exact) mass is 167 g/mol. The maximum Gasteiger partial charge on any atom is 0.0175 e. The molecular formula is C11H21N. The van der Waals surface area contributed by atoms with Crippen LogP contribution >= 0.6 is 0 Å². The lowest BCUT2D eigenvalue weighted by atomic mass is 10.1. The molecule has 12 heavy (non-hydrogen) atoms. The summed E-state index contributed by atoms with van der Waals surface area (Å²) in [5.74, 6) is 0.625. The molecule has 0 radical (unpaired) electrons. The van der Waals surface area contributed by atoms with Crippen molar-refractivity contribution in [2.75, 3.05) is 0 Å². The first-order chi connectivity index (χ1) is 5.74. The molecule has 1 nitrogen and oxygen atoms in total. The lowest BCUT2D eigenvalue weighted by Crippen LogP contribution is -1.84. The Bertz CT molecular complexity index is 199. The zero-order valence-electron chi connectivity index (χ0n) is 8.94. The van der Waals surface area contributed by atoms with Gasteiger partial charge in [-0.3, -0.25) is 0 Å². The molecule has 0 saturated carbocycles. The predicted molar refractivity (Wildman–Crippen MR) is 55.6 cm³/mol. The van der Waals surface area contributed by atoms with Gasteiger partial charge in [-0.2, -0.15) is 0 Å². The SMILES string of the molecule is CC.CCc1c[nH]c(C(C)C)c1. The Kier molecular flexibility index (Phi) is 5.52. The lowest BCUT2D eigenvalue weighted by molar-refractivity contribution is 0.833. The molecule has 0 unspecified atom stereocenters. The minimum atomic E-state index is 0.625. The van der Waals surface area contributed by atoms with Crippen molar-refractivity contribution in [2.24, 2.45) is 0 Å². The summed E-state index contributed by atoms with van der Waals surface area (Å²) in [7, 11) is 0. The van der Waals surface area contributed by atoms with E-state index in [1.54, 1.807) is 0 Å². The summed E-state index contributed by atoms with van der Waals surface area (Å²) < 4.78 is 0. The Morgan fingerprint density at radius 3 is 2.17 bits per heavy atom. The van der Waals surface area contributed by atoms with E-state index in [2.05, 4.69) is 38.0 Å². The van der Waals surface area contributed by atoms with Crippen LogP contribution in [0.4, 0.5) is 0 Å². The van der Waals surface area contributed by atoms with Gasteiger partial charge >= 0.3 is 0 Å². The highest BCUT2D eigenvalue weighted by molar-refractivity contribution is 5.18. The van der Waals surface area contributed by atoms with Gasteiger partial charge in [0.15, 0.2) is 0 Å². The Hall–Kier alpha value is -0.720. The predicted octanol–water partition coefficient (Wildman–Crippen LogP) is 3.73. The molecule has 1 rings (SSSR count). The molecular weight excluding hydrogens is 146 g/mol. The first-order valence-corrected chi connectivity index (χ1v) is 4.91. The largest absolute Gasteiger partial charge is 0.365 e. The second-order valence-corrected chi connectivity index (χ2v) is 2.97. The zero-order valence-corrected chi connectivity index (χ0v) is 8.94. The van der Waals surface area contributed by atoms with E-state index < -0.39 is 0 Å². The first-order valence-electron chi connectivity index (χ1n) is 4.91. The van der Waals surface area contributed by atoms with Crippen LogP contribution < -0.4 is 0 Å². The van der Waals surface area contributed by atoms with Crippen LogP contribution in [-0.4, -0.2) is 4.98 Å². The summed E-state index contributed by atoms with van der Waals surface area (Å²) >= 11 is 0. The number of hydrogen-bond acceptors (Lipinski definition) is 0. The number of aryl methyl sites for hydroxylation is 1. The summed E-state index contributed by atoms with van der Waals surface area (Å²) in [6, 6.07) is 2.24. The van der Waals surface area contributed by atoms with Gasteiger partial charge in [-0.25, -0.2) is 0 Å². The molecule has 1 aromatic rings. The van der Waals surface area contributed by atoms with Gasteiger partial charge in [0.25, 0.3) is 0 Å². The molecule has 0 aromatic carbocycles. The molecule has 1 aromatic heterocycles. The summed E-state index contributed by atoms with van der Waals surface area (Å²) in [4.78, 5) is 3.26. The molecule has 0 amide bonds. The number of hydrogen-bond donors (Lipinski definition) is 1.